The zero-order valence-electron chi connectivity index (χ0n) is 13.0. The maximum atomic E-state index is 4.82. The standard InChI is InChI=1S/C16H23N3S2/c1-4-17-15-14-11-6-5-7-12(11)21-16(14)19-13(18-15)9-20-8-10(2)3/h10H,4-9H2,1-3H3,(H,17,18,19). The molecule has 1 aliphatic rings. The van der Waals surface area contributed by atoms with E-state index in [0.717, 1.165) is 29.9 Å². The van der Waals surface area contributed by atoms with E-state index in [1.165, 1.54) is 45.7 Å². The summed E-state index contributed by atoms with van der Waals surface area (Å²) in [5.74, 6) is 4.83. The minimum atomic E-state index is 0.720. The van der Waals surface area contributed by atoms with Crippen LogP contribution in [0.2, 0.25) is 0 Å². The van der Waals surface area contributed by atoms with Crippen molar-refractivity contribution in [3.63, 3.8) is 0 Å². The van der Waals surface area contributed by atoms with Crippen molar-refractivity contribution in [2.45, 2.75) is 45.8 Å². The number of hydrogen-bond donors (Lipinski definition) is 1. The lowest BCUT2D eigenvalue weighted by Gasteiger charge is -2.09. The van der Waals surface area contributed by atoms with Crippen LogP contribution in [0.15, 0.2) is 0 Å². The Bertz CT molecular complexity index is 634. The first-order chi connectivity index (χ1) is 10.2. The van der Waals surface area contributed by atoms with Crippen LogP contribution < -0.4 is 5.32 Å². The fourth-order valence-electron chi connectivity index (χ4n) is 2.79. The van der Waals surface area contributed by atoms with Crippen LogP contribution in [-0.2, 0) is 18.6 Å². The fraction of sp³-hybridized carbons (Fsp3) is 0.625. The van der Waals surface area contributed by atoms with E-state index in [-0.39, 0.29) is 0 Å². The molecule has 0 unspecified atom stereocenters. The van der Waals surface area contributed by atoms with Gasteiger partial charge in [-0.25, -0.2) is 9.97 Å². The van der Waals surface area contributed by atoms with Crippen LogP contribution in [0.4, 0.5) is 5.82 Å². The number of anilines is 1. The van der Waals surface area contributed by atoms with Crippen molar-refractivity contribution in [2.24, 2.45) is 5.92 Å². The highest BCUT2D eigenvalue weighted by Crippen LogP contribution is 2.39. The number of nitrogens with one attached hydrogen (secondary N) is 1. The molecule has 3 rings (SSSR count). The Morgan fingerprint density at radius 3 is 2.90 bits per heavy atom. The van der Waals surface area contributed by atoms with Crippen molar-refractivity contribution >= 4 is 39.1 Å². The van der Waals surface area contributed by atoms with Crippen molar-refractivity contribution in [3.05, 3.63) is 16.3 Å². The largest absolute Gasteiger partial charge is 0.370 e. The van der Waals surface area contributed by atoms with Gasteiger partial charge in [0.2, 0.25) is 0 Å². The van der Waals surface area contributed by atoms with Crippen molar-refractivity contribution in [1.29, 1.82) is 0 Å². The van der Waals surface area contributed by atoms with Crippen molar-refractivity contribution in [1.82, 2.24) is 9.97 Å². The predicted octanol–water partition coefficient (Wildman–Crippen LogP) is 4.50. The summed E-state index contributed by atoms with van der Waals surface area (Å²) < 4.78 is 0. The van der Waals surface area contributed by atoms with Gasteiger partial charge in [0.15, 0.2) is 0 Å². The Morgan fingerprint density at radius 1 is 1.29 bits per heavy atom. The normalized spacial score (nSPS) is 14.1. The fourth-order valence-corrected chi connectivity index (χ4v) is 4.97. The molecule has 0 amide bonds. The van der Waals surface area contributed by atoms with E-state index in [1.54, 1.807) is 0 Å². The number of nitrogens with zero attached hydrogens (tertiary/aromatic N) is 2. The van der Waals surface area contributed by atoms with Crippen LogP contribution in [0.25, 0.3) is 10.2 Å². The number of aromatic nitrogens is 2. The smallest absolute Gasteiger partial charge is 0.142 e. The van der Waals surface area contributed by atoms with E-state index in [9.17, 15) is 0 Å². The highest BCUT2D eigenvalue weighted by atomic mass is 32.2. The lowest BCUT2D eigenvalue weighted by atomic mass is 10.2. The Morgan fingerprint density at radius 2 is 2.14 bits per heavy atom. The number of aryl methyl sites for hydroxylation is 2. The van der Waals surface area contributed by atoms with Crippen molar-refractivity contribution < 1.29 is 0 Å². The molecule has 0 spiro atoms. The Hall–Kier alpha value is -0.810. The molecule has 2 aromatic rings. The van der Waals surface area contributed by atoms with Gasteiger partial charge in [0.25, 0.3) is 0 Å². The number of rotatable bonds is 6. The Labute approximate surface area is 135 Å². The van der Waals surface area contributed by atoms with Crippen LogP contribution in [0.5, 0.6) is 0 Å². The van der Waals surface area contributed by atoms with Crippen LogP contribution >= 0.6 is 23.1 Å². The average Bonchev–Trinajstić information content (AvgIpc) is 2.98. The molecule has 0 radical (unpaired) electrons. The number of hydrogen-bond acceptors (Lipinski definition) is 5. The maximum Gasteiger partial charge on any atom is 0.142 e. The molecule has 114 valence electrons. The van der Waals surface area contributed by atoms with Gasteiger partial charge in [0.05, 0.1) is 11.1 Å². The summed E-state index contributed by atoms with van der Waals surface area (Å²) in [5.41, 5.74) is 1.51. The van der Waals surface area contributed by atoms with Crippen LogP contribution in [-0.4, -0.2) is 22.3 Å². The molecule has 0 bridgehead atoms. The van der Waals surface area contributed by atoms with E-state index >= 15 is 0 Å². The van der Waals surface area contributed by atoms with Gasteiger partial charge in [0, 0.05) is 11.4 Å². The number of fused-ring (bicyclic) bond motifs is 3. The van der Waals surface area contributed by atoms with E-state index in [4.69, 9.17) is 9.97 Å². The van der Waals surface area contributed by atoms with Gasteiger partial charge >= 0.3 is 0 Å². The summed E-state index contributed by atoms with van der Waals surface area (Å²) in [5, 5.41) is 4.75. The lowest BCUT2D eigenvalue weighted by Crippen LogP contribution is -2.04. The van der Waals surface area contributed by atoms with E-state index < -0.39 is 0 Å². The topological polar surface area (TPSA) is 37.8 Å². The van der Waals surface area contributed by atoms with E-state index in [0.29, 0.717) is 0 Å². The second kappa shape index (κ2) is 6.53. The second-order valence-corrected chi connectivity index (χ2v) is 8.08. The molecular formula is C16H23N3S2. The SMILES string of the molecule is CCNc1nc(CSCC(C)C)nc2sc3c(c12)CCC3. The molecule has 0 saturated carbocycles. The highest BCUT2D eigenvalue weighted by Gasteiger charge is 2.22. The third-order valence-corrected chi connectivity index (χ3v) is 6.19. The van der Waals surface area contributed by atoms with Crippen molar-refractivity contribution in [3.8, 4) is 0 Å². The molecule has 0 saturated heterocycles. The molecular weight excluding hydrogens is 298 g/mol. The summed E-state index contributed by atoms with van der Waals surface area (Å²) in [4.78, 5) is 12.3. The lowest BCUT2D eigenvalue weighted by molar-refractivity contribution is 0.750. The van der Waals surface area contributed by atoms with Gasteiger partial charge in [-0.3, -0.25) is 0 Å². The molecule has 2 heterocycles. The van der Waals surface area contributed by atoms with Gasteiger partial charge in [-0.15, -0.1) is 11.3 Å². The number of thiophene rings is 1. The molecule has 0 fully saturated rings. The first kappa shape index (κ1) is 15.1. The van der Waals surface area contributed by atoms with E-state index in [2.05, 4.69) is 26.1 Å². The minimum absolute atomic E-state index is 0.720. The quantitative estimate of drug-likeness (QED) is 0.850. The molecule has 0 atom stereocenters. The molecule has 21 heavy (non-hydrogen) atoms. The van der Waals surface area contributed by atoms with Gasteiger partial charge in [-0.1, -0.05) is 13.8 Å². The van der Waals surface area contributed by atoms with Crippen LogP contribution in [0.3, 0.4) is 0 Å². The van der Waals surface area contributed by atoms with Gasteiger partial charge in [0.1, 0.15) is 16.5 Å². The highest BCUT2D eigenvalue weighted by molar-refractivity contribution is 7.98. The van der Waals surface area contributed by atoms with Crippen LogP contribution in [0, 0.1) is 5.92 Å². The average molecular weight is 322 g/mol. The molecule has 1 N–H and O–H groups in total. The molecule has 0 aliphatic heterocycles. The summed E-state index contributed by atoms with van der Waals surface area (Å²) in [6.45, 7) is 7.55. The van der Waals surface area contributed by atoms with Gasteiger partial charge < -0.3 is 5.32 Å². The summed E-state index contributed by atoms with van der Waals surface area (Å²) >= 11 is 3.81. The maximum absolute atomic E-state index is 4.82. The second-order valence-electron chi connectivity index (χ2n) is 5.97. The zero-order valence-corrected chi connectivity index (χ0v) is 14.7. The van der Waals surface area contributed by atoms with E-state index in [1.807, 2.05) is 23.1 Å². The predicted molar refractivity (Wildman–Crippen MR) is 94.6 cm³/mol. The monoisotopic (exact) mass is 321 g/mol. The first-order valence-electron chi connectivity index (χ1n) is 7.81. The number of thioether (sulfide) groups is 1. The molecule has 3 nitrogen and oxygen atoms in total. The minimum Gasteiger partial charge on any atom is -0.370 e. The summed E-state index contributed by atoms with van der Waals surface area (Å²) in [6, 6.07) is 0. The summed E-state index contributed by atoms with van der Waals surface area (Å²) in [6.07, 6.45) is 3.70. The van der Waals surface area contributed by atoms with Crippen molar-refractivity contribution in [2.75, 3.05) is 17.6 Å². The first-order valence-corrected chi connectivity index (χ1v) is 9.79. The molecule has 5 heteroatoms. The third kappa shape index (κ3) is 3.19. The molecule has 0 aromatic carbocycles. The molecule has 1 aliphatic carbocycles. The summed E-state index contributed by atoms with van der Waals surface area (Å²) in [7, 11) is 0. The van der Waals surface area contributed by atoms with Gasteiger partial charge in [-0.05, 0) is 43.4 Å². The zero-order chi connectivity index (χ0) is 14.8. The molecule has 2 aromatic heterocycles. The third-order valence-electron chi connectivity index (χ3n) is 3.64. The Balaban J connectivity index is 1.93. The Kier molecular flexibility index (Phi) is 4.69. The van der Waals surface area contributed by atoms with Crippen LogP contribution in [0.1, 0.15) is 43.5 Å². The van der Waals surface area contributed by atoms with Gasteiger partial charge in [-0.2, -0.15) is 11.8 Å².